The van der Waals surface area contributed by atoms with E-state index in [1.165, 1.54) is 63.7 Å². The molecule has 1 spiro atoms. The fourth-order valence-corrected chi connectivity index (χ4v) is 3.80. The molecule has 18 heavy (non-hydrogen) atoms. The molecule has 0 unspecified atom stereocenters. The summed E-state index contributed by atoms with van der Waals surface area (Å²) >= 11 is 5.97. The number of rotatable bonds is 1. The van der Waals surface area contributed by atoms with Gasteiger partial charge in [-0.3, -0.25) is 0 Å². The predicted molar refractivity (Wildman–Crippen MR) is 76.2 cm³/mol. The first-order valence-corrected chi connectivity index (χ1v) is 7.52. The zero-order valence-electron chi connectivity index (χ0n) is 10.9. The second kappa shape index (κ2) is 5.08. The van der Waals surface area contributed by atoms with Crippen LogP contribution in [0.5, 0.6) is 0 Å². The van der Waals surface area contributed by atoms with Crippen LogP contribution in [0.4, 0.5) is 5.69 Å². The van der Waals surface area contributed by atoms with Crippen LogP contribution < -0.4 is 4.90 Å². The van der Waals surface area contributed by atoms with Gasteiger partial charge in [0.2, 0.25) is 0 Å². The highest BCUT2D eigenvalue weighted by atomic mass is 35.5. The molecule has 2 heterocycles. The second-order valence-corrected chi connectivity index (χ2v) is 6.27. The van der Waals surface area contributed by atoms with Crippen LogP contribution in [0.15, 0.2) is 18.3 Å². The number of hydrogen-bond acceptors (Lipinski definition) is 2. The lowest BCUT2D eigenvalue weighted by Gasteiger charge is -2.45. The van der Waals surface area contributed by atoms with Crippen LogP contribution in [0.3, 0.4) is 0 Å². The van der Waals surface area contributed by atoms with Crippen molar-refractivity contribution in [3.8, 4) is 0 Å². The summed E-state index contributed by atoms with van der Waals surface area (Å²) in [6.45, 7) is 2.36. The van der Waals surface area contributed by atoms with Crippen molar-refractivity contribution in [2.75, 3.05) is 18.0 Å². The number of pyridine rings is 1. The SMILES string of the molecule is Clc1cc(N2CCC3(CCCCC3)CC2)ccn1. The van der Waals surface area contributed by atoms with Crippen molar-refractivity contribution in [1.29, 1.82) is 0 Å². The summed E-state index contributed by atoms with van der Waals surface area (Å²) in [6.07, 6.45) is 11.8. The third-order valence-electron chi connectivity index (χ3n) is 4.81. The van der Waals surface area contributed by atoms with Gasteiger partial charge in [-0.1, -0.05) is 30.9 Å². The minimum Gasteiger partial charge on any atom is -0.371 e. The van der Waals surface area contributed by atoms with Crippen LogP contribution in [0.25, 0.3) is 0 Å². The van der Waals surface area contributed by atoms with Gasteiger partial charge in [-0.2, -0.15) is 0 Å². The summed E-state index contributed by atoms with van der Waals surface area (Å²) < 4.78 is 0. The lowest BCUT2D eigenvalue weighted by Crippen LogP contribution is -2.41. The van der Waals surface area contributed by atoms with E-state index in [1.54, 1.807) is 0 Å². The number of hydrogen-bond donors (Lipinski definition) is 0. The van der Waals surface area contributed by atoms with Crippen molar-refractivity contribution in [2.45, 2.75) is 44.9 Å². The van der Waals surface area contributed by atoms with E-state index in [0.29, 0.717) is 10.6 Å². The van der Waals surface area contributed by atoms with E-state index in [0.717, 1.165) is 0 Å². The summed E-state index contributed by atoms with van der Waals surface area (Å²) in [5, 5.41) is 0.602. The lowest BCUT2D eigenvalue weighted by atomic mass is 9.68. The van der Waals surface area contributed by atoms with Gasteiger partial charge in [-0.15, -0.1) is 0 Å². The first kappa shape index (κ1) is 12.3. The highest BCUT2D eigenvalue weighted by Gasteiger charge is 2.35. The number of halogens is 1. The molecule has 0 N–H and O–H groups in total. The van der Waals surface area contributed by atoms with Gasteiger partial charge in [0.05, 0.1) is 0 Å². The molecule has 0 atom stereocenters. The Hall–Kier alpha value is -0.760. The van der Waals surface area contributed by atoms with Crippen LogP contribution in [0.1, 0.15) is 44.9 Å². The maximum absolute atomic E-state index is 5.97. The number of aromatic nitrogens is 1. The monoisotopic (exact) mass is 264 g/mol. The molecule has 0 aromatic carbocycles. The van der Waals surface area contributed by atoms with E-state index in [1.807, 2.05) is 12.3 Å². The average Bonchev–Trinajstić information content (AvgIpc) is 2.40. The molecule has 0 bridgehead atoms. The first-order valence-electron chi connectivity index (χ1n) is 7.14. The van der Waals surface area contributed by atoms with Gasteiger partial charge < -0.3 is 4.90 Å². The molecule has 98 valence electrons. The summed E-state index contributed by atoms with van der Waals surface area (Å²) in [5.41, 5.74) is 1.91. The summed E-state index contributed by atoms with van der Waals surface area (Å²) in [5.74, 6) is 0. The molecule has 1 aromatic heterocycles. The van der Waals surface area contributed by atoms with Crippen molar-refractivity contribution in [3.05, 3.63) is 23.5 Å². The molecule has 3 heteroatoms. The van der Waals surface area contributed by atoms with E-state index in [4.69, 9.17) is 11.6 Å². The minimum absolute atomic E-state index is 0.602. The standard InChI is InChI=1S/C15H21ClN2/c16-14-12-13(4-9-17-14)18-10-7-15(8-11-18)5-2-1-3-6-15/h4,9,12H,1-3,5-8,10-11H2. The van der Waals surface area contributed by atoms with Crippen molar-refractivity contribution in [3.63, 3.8) is 0 Å². The van der Waals surface area contributed by atoms with Gasteiger partial charge in [0, 0.05) is 25.0 Å². The van der Waals surface area contributed by atoms with E-state index >= 15 is 0 Å². The molecule has 0 amide bonds. The molecule has 2 fully saturated rings. The zero-order valence-corrected chi connectivity index (χ0v) is 11.6. The summed E-state index contributed by atoms with van der Waals surface area (Å²) in [7, 11) is 0. The summed E-state index contributed by atoms with van der Waals surface area (Å²) in [6, 6.07) is 4.06. The van der Waals surface area contributed by atoms with Crippen molar-refractivity contribution in [2.24, 2.45) is 5.41 Å². The van der Waals surface area contributed by atoms with E-state index < -0.39 is 0 Å². The van der Waals surface area contributed by atoms with Crippen LogP contribution in [0.2, 0.25) is 5.15 Å². The molecule has 0 radical (unpaired) electrons. The molecular weight excluding hydrogens is 244 g/mol. The van der Waals surface area contributed by atoms with Crippen molar-refractivity contribution < 1.29 is 0 Å². The van der Waals surface area contributed by atoms with E-state index in [2.05, 4.69) is 16.0 Å². The Labute approximate surface area is 114 Å². The highest BCUT2D eigenvalue weighted by molar-refractivity contribution is 6.29. The predicted octanol–water partition coefficient (Wildman–Crippen LogP) is 4.29. The normalized spacial score (nSPS) is 23.3. The Bertz CT molecular complexity index is 403. The van der Waals surface area contributed by atoms with Gasteiger partial charge in [0.15, 0.2) is 0 Å². The largest absolute Gasteiger partial charge is 0.371 e. The second-order valence-electron chi connectivity index (χ2n) is 5.88. The Kier molecular flexibility index (Phi) is 3.47. The third-order valence-corrected chi connectivity index (χ3v) is 5.02. The highest BCUT2D eigenvalue weighted by Crippen LogP contribution is 2.45. The molecule has 1 saturated heterocycles. The molecule has 1 aliphatic carbocycles. The summed E-state index contributed by atoms with van der Waals surface area (Å²) in [4.78, 5) is 6.52. The van der Waals surface area contributed by atoms with Crippen molar-refractivity contribution in [1.82, 2.24) is 4.98 Å². The Morgan fingerprint density at radius 3 is 2.44 bits per heavy atom. The van der Waals surface area contributed by atoms with E-state index in [9.17, 15) is 0 Å². The average molecular weight is 265 g/mol. The Morgan fingerprint density at radius 1 is 1.06 bits per heavy atom. The molecule has 3 rings (SSSR count). The molecule has 1 aromatic rings. The number of piperidine rings is 1. The third kappa shape index (κ3) is 2.49. The van der Waals surface area contributed by atoms with Crippen LogP contribution >= 0.6 is 11.6 Å². The van der Waals surface area contributed by atoms with Gasteiger partial charge >= 0.3 is 0 Å². The quantitative estimate of drug-likeness (QED) is 0.704. The fraction of sp³-hybridized carbons (Fsp3) is 0.667. The molecule has 1 saturated carbocycles. The smallest absolute Gasteiger partial charge is 0.131 e. The van der Waals surface area contributed by atoms with Crippen molar-refractivity contribution >= 4 is 17.3 Å². The molecular formula is C15H21ClN2. The van der Waals surface area contributed by atoms with E-state index in [-0.39, 0.29) is 0 Å². The lowest BCUT2D eigenvalue weighted by molar-refractivity contribution is 0.144. The Morgan fingerprint density at radius 2 is 1.78 bits per heavy atom. The molecule has 2 nitrogen and oxygen atoms in total. The molecule has 2 aliphatic rings. The van der Waals surface area contributed by atoms with Gasteiger partial charge in [0.1, 0.15) is 5.15 Å². The molecule has 1 aliphatic heterocycles. The van der Waals surface area contributed by atoms with Gasteiger partial charge in [-0.25, -0.2) is 4.98 Å². The maximum Gasteiger partial charge on any atom is 0.131 e. The van der Waals surface area contributed by atoms with Crippen LogP contribution in [-0.4, -0.2) is 18.1 Å². The zero-order chi connectivity index (χ0) is 12.4. The minimum atomic E-state index is 0.602. The number of anilines is 1. The van der Waals surface area contributed by atoms with Crippen LogP contribution in [-0.2, 0) is 0 Å². The fourth-order valence-electron chi connectivity index (χ4n) is 3.63. The van der Waals surface area contributed by atoms with Gasteiger partial charge in [-0.05, 0) is 43.2 Å². The van der Waals surface area contributed by atoms with Crippen LogP contribution in [0, 0.1) is 5.41 Å². The maximum atomic E-state index is 5.97. The topological polar surface area (TPSA) is 16.1 Å². The number of nitrogens with zero attached hydrogens (tertiary/aromatic N) is 2. The first-order chi connectivity index (χ1) is 8.77. The Balaban J connectivity index is 1.66. The van der Waals surface area contributed by atoms with Gasteiger partial charge in [0.25, 0.3) is 0 Å².